The number of halogens is 1. The van der Waals surface area contributed by atoms with Crippen molar-refractivity contribution in [2.45, 2.75) is 11.9 Å². The van der Waals surface area contributed by atoms with Crippen LogP contribution in [0.1, 0.15) is 5.56 Å². The minimum absolute atomic E-state index is 0.0928. The third-order valence-electron chi connectivity index (χ3n) is 6.15. The Bertz CT molecular complexity index is 1490. The summed E-state index contributed by atoms with van der Waals surface area (Å²) in [5.74, 6) is 0.593. The number of H-pyrrole nitrogens is 1. The van der Waals surface area contributed by atoms with Gasteiger partial charge in [-0.05, 0) is 49.6 Å². The summed E-state index contributed by atoms with van der Waals surface area (Å²) in [7, 11) is -7.49. The monoisotopic (exact) mass is 592 g/mol. The zero-order chi connectivity index (χ0) is 28.8. The van der Waals surface area contributed by atoms with Crippen LogP contribution in [-0.2, 0) is 0 Å². The van der Waals surface area contributed by atoms with Crippen LogP contribution in [0.25, 0.3) is 11.4 Å². The highest BCUT2D eigenvalue weighted by Gasteiger charge is 2.52. The average Bonchev–Trinajstić information content (AvgIpc) is 2.95. The highest BCUT2D eigenvalue weighted by Crippen LogP contribution is 2.54. The lowest BCUT2D eigenvalue weighted by atomic mass is 10.1. The van der Waals surface area contributed by atoms with Crippen LogP contribution in [0.5, 0.6) is 0 Å². The first kappa shape index (κ1) is 29.6. The maximum atomic E-state index is 14.1. The standard InChI is InChI=1S/C30H25N2OPS.ClHO4/c1-22-18-20-23(21-19-22)28-31-29(33)27(30(32-28)35-2)34(24-12-6-3-7-13-24,25-14-8-4-9-15-25)26-16-10-5-11-17-26;2-1(3,4)5/h3-21H,1-2H3;(H,2,3,4,5). The Morgan fingerprint density at radius 2 is 1.10 bits per heavy atom. The van der Waals surface area contributed by atoms with E-state index in [1.54, 1.807) is 0 Å². The number of nitrogens with zero attached hydrogens (tertiary/aromatic N) is 1. The first-order valence-electron chi connectivity index (χ1n) is 12.1. The molecule has 0 fully saturated rings. The van der Waals surface area contributed by atoms with Gasteiger partial charge >= 0.3 is 0 Å². The van der Waals surface area contributed by atoms with Crippen LogP contribution in [0.2, 0.25) is 0 Å². The SMILES string of the molecule is CSc1nc(-c2ccc(C)cc2)[nH]c(=O)c1[P+](c1ccccc1)(c1ccccc1)c1ccccc1.[O-][Cl+3]([O-])([O-])[O-]. The fourth-order valence-corrected chi connectivity index (χ4v) is 9.90. The van der Waals surface area contributed by atoms with Gasteiger partial charge in [-0.15, -0.1) is 22.0 Å². The zero-order valence-corrected chi connectivity index (χ0v) is 24.2. The molecule has 5 aromatic rings. The van der Waals surface area contributed by atoms with Crippen molar-refractivity contribution in [3.8, 4) is 11.4 Å². The number of nitrogens with one attached hydrogen (secondary N) is 1. The highest BCUT2D eigenvalue weighted by molar-refractivity contribution is 8.04. The lowest BCUT2D eigenvalue weighted by Gasteiger charge is -2.27. The second kappa shape index (κ2) is 12.9. The molecule has 0 unspecified atom stereocenters. The van der Waals surface area contributed by atoms with E-state index in [-0.39, 0.29) is 5.56 Å². The number of aromatic nitrogens is 2. The van der Waals surface area contributed by atoms with Crippen LogP contribution in [0, 0.1) is 17.2 Å². The molecule has 0 aliphatic carbocycles. The molecule has 0 spiro atoms. The van der Waals surface area contributed by atoms with Crippen LogP contribution in [-0.4, -0.2) is 16.2 Å². The van der Waals surface area contributed by atoms with Gasteiger partial charge in [0.15, 0.2) is 7.26 Å². The molecule has 5 rings (SSSR count). The topological polar surface area (TPSA) is 138 Å². The van der Waals surface area contributed by atoms with Gasteiger partial charge in [0.25, 0.3) is 5.56 Å². The third kappa shape index (κ3) is 6.69. The first-order chi connectivity index (χ1) is 19.1. The van der Waals surface area contributed by atoms with Crippen LogP contribution < -0.4 is 45.4 Å². The molecule has 0 saturated heterocycles. The minimum atomic E-state index is -4.94. The van der Waals surface area contributed by atoms with Crippen LogP contribution in [0.4, 0.5) is 0 Å². The van der Waals surface area contributed by atoms with E-state index in [2.05, 4.69) is 84.7 Å². The summed E-state index contributed by atoms with van der Waals surface area (Å²) in [5.41, 5.74) is 1.97. The van der Waals surface area contributed by atoms with Gasteiger partial charge in [-0.1, -0.05) is 84.4 Å². The predicted octanol–water partition coefficient (Wildman–Crippen LogP) is 0.331. The zero-order valence-electron chi connectivity index (χ0n) is 21.7. The molecule has 40 heavy (non-hydrogen) atoms. The van der Waals surface area contributed by atoms with Crippen molar-refractivity contribution in [1.29, 1.82) is 0 Å². The predicted molar refractivity (Wildman–Crippen MR) is 152 cm³/mol. The van der Waals surface area contributed by atoms with Gasteiger partial charge in [-0.2, -0.15) is 0 Å². The molecule has 0 amide bonds. The molecule has 204 valence electrons. The summed E-state index contributed by atoms with van der Waals surface area (Å²) in [6, 6.07) is 39.3. The number of aromatic amines is 1. The molecule has 1 heterocycles. The van der Waals surface area contributed by atoms with Crippen molar-refractivity contribution in [1.82, 2.24) is 9.97 Å². The first-order valence-corrected chi connectivity index (χ1v) is 16.3. The number of hydrogen-bond donors (Lipinski definition) is 1. The van der Waals surface area contributed by atoms with Crippen molar-refractivity contribution < 1.29 is 28.9 Å². The fourth-order valence-electron chi connectivity index (χ4n) is 4.52. The van der Waals surface area contributed by atoms with Gasteiger partial charge in [0.1, 0.15) is 26.8 Å². The van der Waals surface area contributed by atoms with Crippen molar-refractivity contribution in [3.63, 3.8) is 0 Å². The van der Waals surface area contributed by atoms with Gasteiger partial charge in [0.2, 0.25) is 5.30 Å². The number of aryl methyl sites for hydroxylation is 1. The van der Waals surface area contributed by atoms with Crippen LogP contribution >= 0.6 is 19.0 Å². The molecule has 4 aromatic carbocycles. The molecule has 0 bridgehead atoms. The summed E-state index contributed by atoms with van der Waals surface area (Å²) < 4.78 is 34.0. The van der Waals surface area contributed by atoms with E-state index in [4.69, 9.17) is 23.6 Å². The van der Waals surface area contributed by atoms with E-state index >= 15 is 0 Å². The number of rotatable bonds is 6. The number of thioether (sulfide) groups is 1. The Morgan fingerprint density at radius 1 is 0.700 bits per heavy atom. The molecule has 0 aliphatic heterocycles. The number of benzene rings is 4. The summed E-state index contributed by atoms with van der Waals surface area (Å²) in [4.78, 5) is 22.3. The summed E-state index contributed by atoms with van der Waals surface area (Å²) in [5, 5.41) is 4.88. The molecule has 1 N–H and O–H groups in total. The molecular weight excluding hydrogens is 567 g/mol. The molecule has 10 heteroatoms. The molecule has 7 nitrogen and oxygen atoms in total. The Morgan fingerprint density at radius 3 is 1.48 bits per heavy atom. The molecule has 0 atom stereocenters. The van der Waals surface area contributed by atoms with Crippen molar-refractivity contribution in [2.24, 2.45) is 0 Å². The van der Waals surface area contributed by atoms with E-state index in [1.165, 1.54) is 17.3 Å². The second-order valence-electron chi connectivity index (χ2n) is 8.69. The molecule has 0 radical (unpaired) electrons. The molecular formula is C30H26ClN2O5PS. The second-order valence-corrected chi connectivity index (χ2v) is 13.6. The smallest absolute Gasteiger partial charge is 0.296 e. The number of hydrogen-bond acceptors (Lipinski definition) is 7. The molecule has 1 aromatic heterocycles. The molecule has 0 saturated carbocycles. The van der Waals surface area contributed by atoms with E-state index < -0.39 is 17.5 Å². The van der Waals surface area contributed by atoms with Gasteiger partial charge in [-0.25, -0.2) is 23.6 Å². The van der Waals surface area contributed by atoms with Gasteiger partial charge < -0.3 is 4.98 Å². The van der Waals surface area contributed by atoms with E-state index in [0.29, 0.717) is 5.82 Å². The third-order valence-corrected chi connectivity index (χ3v) is 11.3. The summed E-state index contributed by atoms with van der Waals surface area (Å²) in [6.45, 7) is 2.05. The quantitative estimate of drug-likeness (QED) is 0.170. The van der Waals surface area contributed by atoms with Crippen LogP contribution in [0.15, 0.2) is 125 Å². The van der Waals surface area contributed by atoms with Crippen molar-refractivity contribution in [3.05, 3.63) is 131 Å². The maximum absolute atomic E-state index is 14.1. The Labute approximate surface area is 239 Å². The average molecular weight is 593 g/mol. The highest BCUT2D eigenvalue weighted by atomic mass is 35.7. The Balaban J connectivity index is 0.000000681. The summed E-state index contributed by atoms with van der Waals surface area (Å²) in [6.07, 6.45) is 2.00. The van der Waals surface area contributed by atoms with Crippen molar-refractivity contribution in [2.75, 3.05) is 6.26 Å². The maximum Gasteiger partial charge on any atom is 0.296 e. The van der Waals surface area contributed by atoms with Crippen molar-refractivity contribution >= 4 is 40.2 Å². The van der Waals surface area contributed by atoms with Crippen LogP contribution in [0.3, 0.4) is 0 Å². The normalized spacial score (nSPS) is 11.4. The Kier molecular flexibility index (Phi) is 9.56. The molecule has 0 aliphatic rings. The van der Waals surface area contributed by atoms with Gasteiger partial charge in [-0.3, -0.25) is 4.79 Å². The fraction of sp³-hybridized carbons (Fsp3) is 0.0667. The van der Waals surface area contributed by atoms with E-state index in [0.717, 1.165) is 31.8 Å². The lowest BCUT2D eigenvalue weighted by Crippen LogP contribution is -2.68. The Hall–Kier alpha value is -3.33. The van der Waals surface area contributed by atoms with Gasteiger partial charge in [0, 0.05) is 5.56 Å². The van der Waals surface area contributed by atoms with E-state index in [1.807, 2.05) is 48.7 Å². The minimum Gasteiger partial charge on any atom is -0.303 e. The van der Waals surface area contributed by atoms with E-state index in [9.17, 15) is 4.79 Å². The largest absolute Gasteiger partial charge is 0.303 e. The lowest BCUT2D eigenvalue weighted by molar-refractivity contribution is -2.00. The summed E-state index contributed by atoms with van der Waals surface area (Å²) >= 11 is 1.53. The van der Waals surface area contributed by atoms with Gasteiger partial charge in [0.05, 0.1) is 0 Å².